The minimum absolute atomic E-state index is 0. The zero-order valence-electron chi connectivity index (χ0n) is 18.4. The molecular formula is C21H40IN5O2. The molecule has 1 saturated carbocycles. The molecule has 0 radical (unpaired) electrons. The predicted molar refractivity (Wildman–Crippen MR) is 129 cm³/mol. The lowest BCUT2D eigenvalue weighted by atomic mass is 10.1. The van der Waals surface area contributed by atoms with Crippen molar-refractivity contribution in [3.63, 3.8) is 0 Å². The molecule has 1 heterocycles. The number of piperazine rings is 1. The highest BCUT2D eigenvalue weighted by molar-refractivity contribution is 14.0. The molecule has 1 aliphatic heterocycles. The molecule has 2 aliphatic rings. The van der Waals surface area contributed by atoms with Crippen LogP contribution in [0.15, 0.2) is 4.99 Å². The number of amides is 2. The maximum atomic E-state index is 12.4. The fourth-order valence-corrected chi connectivity index (χ4v) is 3.41. The van der Waals surface area contributed by atoms with E-state index in [0.29, 0.717) is 44.9 Å². The van der Waals surface area contributed by atoms with Gasteiger partial charge in [0.15, 0.2) is 5.96 Å². The van der Waals surface area contributed by atoms with Gasteiger partial charge in [0, 0.05) is 59.2 Å². The molecule has 1 aliphatic carbocycles. The maximum absolute atomic E-state index is 12.4. The van der Waals surface area contributed by atoms with Crippen molar-refractivity contribution in [2.75, 3.05) is 46.3 Å². The van der Waals surface area contributed by atoms with Crippen molar-refractivity contribution < 1.29 is 9.59 Å². The lowest BCUT2D eigenvalue weighted by Crippen LogP contribution is -2.50. The highest BCUT2D eigenvalue weighted by atomic mass is 127. The second-order valence-corrected chi connectivity index (χ2v) is 8.49. The van der Waals surface area contributed by atoms with Crippen LogP contribution in [-0.2, 0) is 9.59 Å². The van der Waals surface area contributed by atoms with Gasteiger partial charge in [0.1, 0.15) is 0 Å². The van der Waals surface area contributed by atoms with E-state index in [2.05, 4.69) is 29.5 Å². The average molecular weight is 521 g/mol. The van der Waals surface area contributed by atoms with Crippen molar-refractivity contribution in [3.8, 4) is 0 Å². The van der Waals surface area contributed by atoms with E-state index in [-0.39, 0.29) is 35.8 Å². The second kappa shape index (κ2) is 14.0. The summed E-state index contributed by atoms with van der Waals surface area (Å²) in [6, 6.07) is 0. The minimum atomic E-state index is 0. The monoisotopic (exact) mass is 521 g/mol. The molecule has 0 atom stereocenters. The fourth-order valence-electron chi connectivity index (χ4n) is 3.41. The molecule has 2 rings (SSSR count). The topological polar surface area (TPSA) is 77.0 Å². The van der Waals surface area contributed by atoms with Gasteiger partial charge in [0.2, 0.25) is 11.8 Å². The Balaban J connectivity index is 0.00000420. The third kappa shape index (κ3) is 10.5. The van der Waals surface area contributed by atoms with Gasteiger partial charge in [-0.3, -0.25) is 14.6 Å². The van der Waals surface area contributed by atoms with Gasteiger partial charge >= 0.3 is 0 Å². The first-order valence-corrected chi connectivity index (χ1v) is 11.0. The van der Waals surface area contributed by atoms with Gasteiger partial charge in [-0.05, 0) is 37.5 Å². The zero-order valence-corrected chi connectivity index (χ0v) is 20.7. The normalized spacial score (nSPS) is 17.2. The lowest BCUT2D eigenvalue weighted by Gasteiger charge is -2.35. The van der Waals surface area contributed by atoms with Crippen LogP contribution in [0.5, 0.6) is 0 Å². The number of hydrogen-bond donors (Lipinski definition) is 2. The summed E-state index contributed by atoms with van der Waals surface area (Å²) in [5, 5.41) is 6.69. The summed E-state index contributed by atoms with van der Waals surface area (Å²) in [5.41, 5.74) is 0. The summed E-state index contributed by atoms with van der Waals surface area (Å²) in [5.74, 6) is 2.55. The molecule has 8 heteroatoms. The molecule has 0 aromatic rings. The van der Waals surface area contributed by atoms with Crippen molar-refractivity contribution >= 4 is 41.8 Å². The number of rotatable bonds is 10. The Bertz CT molecular complexity index is 529. The third-order valence-electron chi connectivity index (χ3n) is 5.41. The van der Waals surface area contributed by atoms with Gasteiger partial charge in [-0.2, -0.15) is 0 Å². The van der Waals surface area contributed by atoms with Crippen LogP contribution in [-0.4, -0.2) is 73.9 Å². The van der Waals surface area contributed by atoms with Crippen LogP contribution in [0.2, 0.25) is 0 Å². The van der Waals surface area contributed by atoms with E-state index in [0.717, 1.165) is 44.2 Å². The SMILES string of the molecule is CN=C(NCCCCCC(=O)N1CCN(C(=O)CC(C)C)CC1)NCC1CC1.I. The Kier molecular flexibility index (Phi) is 12.6. The molecule has 2 amide bonds. The Morgan fingerprint density at radius 1 is 0.966 bits per heavy atom. The first-order valence-electron chi connectivity index (χ1n) is 11.0. The van der Waals surface area contributed by atoms with Crippen molar-refractivity contribution in [1.29, 1.82) is 0 Å². The molecule has 168 valence electrons. The molecule has 0 aromatic carbocycles. The summed E-state index contributed by atoms with van der Waals surface area (Å²) in [6.45, 7) is 8.73. The molecule has 7 nitrogen and oxygen atoms in total. The van der Waals surface area contributed by atoms with Gasteiger partial charge in [0.05, 0.1) is 0 Å². The van der Waals surface area contributed by atoms with Gasteiger partial charge in [-0.15, -0.1) is 24.0 Å². The van der Waals surface area contributed by atoms with E-state index in [1.165, 1.54) is 12.8 Å². The number of halogens is 1. The number of nitrogens with one attached hydrogen (secondary N) is 2. The van der Waals surface area contributed by atoms with Gasteiger partial charge < -0.3 is 20.4 Å². The minimum Gasteiger partial charge on any atom is -0.356 e. The van der Waals surface area contributed by atoms with Crippen LogP contribution in [0, 0.1) is 11.8 Å². The highest BCUT2D eigenvalue weighted by Crippen LogP contribution is 2.27. The Morgan fingerprint density at radius 3 is 2.14 bits per heavy atom. The van der Waals surface area contributed by atoms with Crippen LogP contribution < -0.4 is 10.6 Å². The van der Waals surface area contributed by atoms with Crippen LogP contribution in [0.1, 0.15) is 58.8 Å². The Hall–Kier alpha value is -1.06. The first kappa shape index (κ1) is 26.0. The second-order valence-electron chi connectivity index (χ2n) is 8.49. The van der Waals surface area contributed by atoms with E-state index in [9.17, 15) is 9.59 Å². The van der Waals surface area contributed by atoms with E-state index in [1.807, 2.05) is 9.80 Å². The van der Waals surface area contributed by atoms with Crippen molar-refractivity contribution in [2.24, 2.45) is 16.8 Å². The largest absolute Gasteiger partial charge is 0.356 e. The summed E-state index contributed by atoms with van der Waals surface area (Å²) < 4.78 is 0. The predicted octanol–water partition coefficient (Wildman–Crippen LogP) is 2.46. The standard InChI is InChI=1S/C21H39N5O2.HI/c1-17(2)15-20(28)26-13-11-25(12-14-26)19(27)7-5-4-6-10-23-21(22-3)24-16-18-8-9-18;/h17-18H,4-16H2,1-3H3,(H2,22,23,24);1H. The van der Waals surface area contributed by atoms with E-state index >= 15 is 0 Å². The molecule has 0 aromatic heterocycles. The van der Waals surface area contributed by atoms with Crippen molar-refractivity contribution in [1.82, 2.24) is 20.4 Å². The van der Waals surface area contributed by atoms with Crippen LogP contribution in [0.25, 0.3) is 0 Å². The van der Waals surface area contributed by atoms with Crippen LogP contribution >= 0.6 is 24.0 Å². The summed E-state index contributed by atoms with van der Waals surface area (Å²) in [7, 11) is 1.80. The molecule has 2 N–H and O–H groups in total. The van der Waals surface area contributed by atoms with E-state index < -0.39 is 0 Å². The number of unbranched alkanes of at least 4 members (excludes halogenated alkanes) is 2. The number of hydrogen-bond acceptors (Lipinski definition) is 3. The third-order valence-corrected chi connectivity index (χ3v) is 5.41. The van der Waals surface area contributed by atoms with Crippen LogP contribution in [0.3, 0.4) is 0 Å². The summed E-state index contributed by atoms with van der Waals surface area (Å²) >= 11 is 0. The number of carbonyl (C=O) groups is 2. The Labute approximate surface area is 193 Å². The molecule has 2 fully saturated rings. The fraction of sp³-hybridized carbons (Fsp3) is 0.857. The van der Waals surface area contributed by atoms with Crippen LogP contribution in [0.4, 0.5) is 0 Å². The number of carbonyl (C=O) groups excluding carboxylic acids is 2. The average Bonchev–Trinajstić information content (AvgIpc) is 3.50. The van der Waals surface area contributed by atoms with Crippen molar-refractivity contribution in [3.05, 3.63) is 0 Å². The molecule has 0 spiro atoms. The van der Waals surface area contributed by atoms with Gasteiger partial charge in [-0.25, -0.2) is 0 Å². The van der Waals surface area contributed by atoms with Crippen molar-refractivity contribution in [2.45, 2.75) is 58.8 Å². The maximum Gasteiger partial charge on any atom is 0.222 e. The number of guanidine groups is 1. The summed E-state index contributed by atoms with van der Waals surface area (Å²) in [4.78, 5) is 32.5. The quantitative estimate of drug-likeness (QED) is 0.201. The number of nitrogens with zero attached hydrogens (tertiary/aromatic N) is 3. The first-order chi connectivity index (χ1) is 13.5. The molecule has 29 heavy (non-hydrogen) atoms. The van der Waals surface area contributed by atoms with Gasteiger partial charge in [0.25, 0.3) is 0 Å². The molecule has 0 bridgehead atoms. The van der Waals surface area contributed by atoms with Gasteiger partial charge in [-0.1, -0.05) is 20.3 Å². The lowest BCUT2D eigenvalue weighted by molar-refractivity contribution is -0.140. The van der Waals surface area contributed by atoms with E-state index in [4.69, 9.17) is 0 Å². The smallest absolute Gasteiger partial charge is 0.222 e. The molecular weight excluding hydrogens is 481 g/mol. The highest BCUT2D eigenvalue weighted by Gasteiger charge is 2.24. The molecule has 1 saturated heterocycles. The Morgan fingerprint density at radius 2 is 1.59 bits per heavy atom. The summed E-state index contributed by atoms with van der Waals surface area (Å²) in [6.07, 6.45) is 6.86. The number of aliphatic imine (C=N–C) groups is 1. The van der Waals surface area contributed by atoms with E-state index in [1.54, 1.807) is 7.05 Å². The molecule has 0 unspecified atom stereocenters. The zero-order chi connectivity index (χ0) is 20.4.